The van der Waals surface area contributed by atoms with E-state index in [1.807, 2.05) is 0 Å². The van der Waals surface area contributed by atoms with Crippen LogP contribution in [0.1, 0.15) is 48.0 Å². The molecule has 0 aromatic rings. The van der Waals surface area contributed by atoms with Gasteiger partial charge >= 0.3 is 0 Å². The lowest BCUT2D eigenvalue weighted by atomic mass is 9.70. The highest BCUT2D eigenvalue weighted by Crippen LogP contribution is 2.36. The lowest BCUT2D eigenvalue weighted by Gasteiger charge is -2.32. The SMILES string of the molecule is CC(C)COCCC(C)[C@](C)(C#N)C(C)C. The first-order chi connectivity index (χ1) is 7.34. The molecule has 2 atom stereocenters. The number of nitriles is 1. The van der Waals surface area contributed by atoms with Gasteiger partial charge in [0.2, 0.25) is 0 Å². The molecular weight excluding hydrogens is 198 g/mol. The van der Waals surface area contributed by atoms with Crippen LogP contribution in [0.15, 0.2) is 0 Å². The molecule has 0 aliphatic carbocycles. The molecule has 0 fully saturated rings. The van der Waals surface area contributed by atoms with E-state index in [1.165, 1.54) is 0 Å². The number of hydrogen-bond acceptors (Lipinski definition) is 2. The van der Waals surface area contributed by atoms with Crippen molar-refractivity contribution in [2.75, 3.05) is 13.2 Å². The Hall–Kier alpha value is -0.550. The lowest BCUT2D eigenvalue weighted by Crippen LogP contribution is -2.30. The van der Waals surface area contributed by atoms with Gasteiger partial charge in [-0.25, -0.2) is 0 Å². The monoisotopic (exact) mass is 225 g/mol. The van der Waals surface area contributed by atoms with E-state index < -0.39 is 0 Å². The van der Waals surface area contributed by atoms with Crippen molar-refractivity contribution in [3.63, 3.8) is 0 Å². The van der Waals surface area contributed by atoms with Gasteiger partial charge in [-0.3, -0.25) is 0 Å². The van der Waals surface area contributed by atoms with E-state index in [0.717, 1.165) is 19.6 Å². The van der Waals surface area contributed by atoms with Gasteiger partial charge < -0.3 is 4.74 Å². The van der Waals surface area contributed by atoms with E-state index in [1.54, 1.807) is 0 Å². The van der Waals surface area contributed by atoms with E-state index in [9.17, 15) is 5.26 Å². The summed E-state index contributed by atoms with van der Waals surface area (Å²) in [6.07, 6.45) is 0.967. The summed E-state index contributed by atoms with van der Waals surface area (Å²) in [5, 5.41) is 9.28. The van der Waals surface area contributed by atoms with Crippen LogP contribution in [0, 0.1) is 34.5 Å². The Morgan fingerprint density at radius 1 is 1.19 bits per heavy atom. The van der Waals surface area contributed by atoms with E-state index in [2.05, 4.69) is 47.6 Å². The third kappa shape index (κ3) is 4.53. The Kier molecular flexibility index (Phi) is 6.67. The molecule has 16 heavy (non-hydrogen) atoms. The van der Waals surface area contributed by atoms with Crippen LogP contribution in [0.5, 0.6) is 0 Å². The summed E-state index contributed by atoms with van der Waals surface area (Å²) in [5.74, 6) is 1.35. The highest BCUT2D eigenvalue weighted by Gasteiger charge is 2.34. The molecule has 1 unspecified atom stereocenters. The van der Waals surface area contributed by atoms with Crippen molar-refractivity contribution in [1.82, 2.24) is 0 Å². The smallest absolute Gasteiger partial charge is 0.0692 e. The molecule has 2 heteroatoms. The maximum absolute atomic E-state index is 9.28. The van der Waals surface area contributed by atoms with Crippen molar-refractivity contribution in [2.24, 2.45) is 23.2 Å². The topological polar surface area (TPSA) is 33.0 Å². The van der Waals surface area contributed by atoms with Crippen molar-refractivity contribution in [3.8, 4) is 6.07 Å². The van der Waals surface area contributed by atoms with Crippen LogP contribution in [0.3, 0.4) is 0 Å². The third-order valence-corrected chi connectivity index (χ3v) is 3.61. The summed E-state index contributed by atoms with van der Waals surface area (Å²) in [4.78, 5) is 0. The van der Waals surface area contributed by atoms with Crippen molar-refractivity contribution in [2.45, 2.75) is 48.0 Å². The van der Waals surface area contributed by atoms with E-state index in [4.69, 9.17) is 4.74 Å². The second kappa shape index (κ2) is 6.91. The van der Waals surface area contributed by atoms with E-state index in [0.29, 0.717) is 17.8 Å². The van der Waals surface area contributed by atoms with Crippen LogP contribution in [0.2, 0.25) is 0 Å². The molecule has 0 aromatic heterocycles. The first-order valence-electron chi connectivity index (χ1n) is 6.33. The van der Waals surface area contributed by atoms with Crippen LogP contribution in [-0.4, -0.2) is 13.2 Å². The maximum Gasteiger partial charge on any atom is 0.0692 e. The fourth-order valence-corrected chi connectivity index (χ4v) is 1.69. The Morgan fingerprint density at radius 3 is 2.12 bits per heavy atom. The summed E-state index contributed by atoms with van der Waals surface area (Å²) in [6, 6.07) is 2.47. The number of rotatable bonds is 7. The van der Waals surface area contributed by atoms with Gasteiger partial charge in [-0.1, -0.05) is 34.6 Å². The van der Waals surface area contributed by atoms with Crippen LogP contribution < -0.4 is 0 Å². The molecule has 0 aliphatic rings. The average molecular weight is 225 g/mol. The largest absolute Gasteiger partial charge is 0.381 e. The van der Waals surface area contributed by atoms with Crippen LogP contribution in [-0.2, 0) is 4.74 Å². The zero-order valence-electron chi connectivity index (χ0n) is 11.7. The molecule has 0 radical (unpaired) electrons. The third-order valence-electron chi connectivity index (χ3n) is 3.61. The normalized spacial score (nSPS) is 17.2. The minimum absolute atomic E-state index is 0.235. The van der Waals surface area contributed by atoms with Gasteiger partial charge in [-0.15, -0.1) is 0 Å². The van der Waals surface area contributed by atoms with Crippen molar-refractivity contribution >= 4 is 0 Å². The lowest BCUT2D eigenvalue weighted by molar-refractivity contribution is 0.0785. The molecule has 0 saturated heterocycles. The Morgan fingerprint density at radius 2 is 1.75 bits per heavy atom. The fourth-order valence-electron chi connectivity index (χ4n) is 1.69. The molecule has 0 heterocycles. The van der Waals surface area contributed by atoms with Gasteiger partial charge in [0, 0.05) is 13.2 Å². The summed E-state index contributed by atoms with van der Waals surface area (Å²) in [6.45, 7) is 14.3. The van der Waals surface area contributed by atoms with Gasteiger partial charge in [0.25, 0.3) is 0 Å². The molecule has 0 bridgehead atoms. The fraction of sp³-hybridized carbons (Fsp3) is 0.929. The molecular formula is C14H27NO. The van der Waals surface area contributed by atoms with Gasteiger partial charge in [-0.2, -0.15) is 5.26 Å². The summed E-state index contributed by atoms with van der Waals surface area (Å²) >= 11 is 0. The van der Waals surface area contributed by atoms with Gasteiger partial charge in [0.05, 0.1) is 11.5 Å². The van der Waals surface area contributed by atoms with Crippen molar-refractivity contribution < 1.29 is 4.74 Å². The minimum Gasteiger partial charge on any atom is -0.381 e. The van der Waals surface area contributed by atoms with Crippen molar-refractivity contribution in [1.29, 1.82) is 5.26 Å². The van der Waals surface area contributed by atoms with Gasteiger partial charge in [0.1, 0.15) is 0 Å². The summed E-state index contributed by atoms with van der Waals surface area (Å²) in [5.41, 5.74) is -0.235. The second-order valence-corrected chi connectivity index (χ2v) is 5.71. The van der Waals surface area contributed by atoms with Gasteiger partial charge in [0.15, 0.2) is 0 Å². The highest BCUT2D eigenvalue weighted by molar-refractivity contribution is 5.00. The number of hydrogen-bond donors (Lipinski definition) is 0. The second-order valence-electron chi connectivity index (χ2n) is 5.71. The minimum atomic E-state index is -0.235. The quantitative estimate of drug-likeness (QED) is 0.616. The Bertz CT molecular complexity index is 229. The molecule has 0 rings (SSSR count). The van der Waals surface area contributed by atoms with Crippen LogP contribution in [0.25, 0.3) is 0 Å². The zero-order chi connectivity index (χ0) is 12.8. The molecule has 0 aromatic carbocycles. The number of ether oxygens (including phenoxy) is 1. The van der Waals surface area contributed by atoms with Crippen molar-refractivity contribution in [3.05, 3.63) is 0 Å². The molecule has 0 amide bonds. The standard InChI is InChI=1S/C14H27NO/c1-11(2)9-16-8-7-13(5)14(6,10-15)12(3)4/h11-13H,7-9H2,1-6H3/t13?,14-/m1/s1. The molecule has 0 N–H and O–H groups in total. The van der Waals surface area contributed by atoms with E-state index >= 15 is 0 Å². The summed E-state index contributed by atoms with van der Waals surface area (Å²) in [7, 11) is 0. The number of nitrogens with zero attached hydrogens (tertiary/aromatic N) is 1. The van der Waals surface area contributed by atoms with Gasteiger partial charge in [-0.05, 0) is 31.1 Å². The van der Waals surface area contributed by atoms with E-state index in [-0.39, 0.29) is 5.41 Å². The average Bonchev–Trinajstić information content (AvgIpc) is 2.22. The summed E-state index contributed by atoms with van der Waals surface area (Å²) < 4.78 is 5.58. The predicted molar refractivity (Wildman–Crippen MR) is 68.0 cm³/mol. The Labute approximate surface area is 101 Å². The molecule has 0 saturated carbocycles. The first kappa shape index (κ1) is 15.4. The Balaban J connectivity index is 4.05. The molecule has 0 aliphatic heterocycles. The molecule has 2 nitrogen and oxygen atoms in total. The van der Waals surface area contributed by atoms with Crippen LogP contribution >= 0.6 is 0 Å². The van der Waals surface area contributed by atoms with Crippen LogP contribution in [0.4, 0.5) is 0 Å². The molecule has 94 valence electrons. The highest BCUT2D eigenvalue weighted by atomic mass is 16.5. The zero-order valence-corrected chi connectivity index (χ0v) is 11.7. The molecule has 0 spiro atoms. The first-order valence-corrected chi connectivity index (χ1v) is 6.33. The predicted octanol–water partition coefficient (Wildman–Crippen LogP) is 3.87. The maximum atomic E-state index is 9.28.